The number of aromatic nitrogens is 2. The van der Waals surface area contributed by atoms with Crippen LogP contribution in [-0.2, 0) is 16.1 Å². The molecule has 0 radical (unpaired) electrons. The molecule has 4 aliphatic carbocycles. The lowest BCUT2D eigenvalue weighted by Gasteiger charge is -2.62. The van der Waals surface area contributed by atoms with Crippen LogP contribution in [0, 0.1) is 51.8 Å². The van der Waals surface area contributed by atoms with Gasteiger partial charge in [-0.15, -0.1) is 0 Å². The van der Waals surface area contributed by atoms with Crippen LogP contribution in [0.1, 0.15) is 77.2 Å². The second-order valence-corrected chi connectivity index (χ2v) is 12.2. The van der Waals surface area contributed by atoms with Gasteiger partial charge >= 0.3 is 0 Å². The maximum Gasteiger partial charge on any atom is 0.157 e. The van der Waals surface area contributed by atoms with Crippen molar-refractivity contribution in [2.45, 2.75) is 83.8 Å². The van der Waals surface area contributed by atoms with Crippen LogP contribution in [0.25, 0.3) is 0 Å². The van der Waals surface area contributed by atoms with E-state index in [0.717, 1.165) is 45.1 Å². The molecule has 0 aromatic carbocycles. The maximum absolute atomic E-state index is 13.4. The summed E-state index contributed by atoms with van der Waals surface area (Å²) in [5.74, 6) is 2.80. The normalized spacial score (nSPS) is 44.4. The molecule has 6 heteroatoms. The number of carbonyl (C=O) groups is 1. The first-order chi connectivity index (χ1) is 15.7. The van der Waals surface area contributed by atoms with Gasteiger partial charge in [0.15, 0.2) is 5.78 Å². The monoisotopic (exact) mass is 453 g/mol. The lowest BCUT2D eigenvalue weighted by Crippen LogP contribution is -2.58. The van der Waals surface area contributed by atoms with Gasteiger partial charge in [0.25, 0.3) is 0 Å². The third-order valence-corrected chi connectivity index (χ3v) is 10.5. The predicted molar refractivity (Wildman–Crippen MR) is 124 cm³/mol. The van der Waals surface area contributed by atoms with E-state index in [1.807, 2.05) is 14.0 Å². The van der Waals surface area contributed by atoms with Gasteiger partial charge in [-0.1, -0.05) is 6.92 Å². The smallest absolute Gasteiger partial charge is 0.157 e. The molecule has 180 valence electrons. The van der Waals surface area contributed by atoms with E-state index in [9.17, 15) is 9.90 Å². The van der Waals surface area contributed by atoms with Crippen molar-refractivity contribution in [2.24, 2.45) is 40.4 Å². The summed E-state index contributed by atoms with van der Waals surface area (Å²) >= 11 is 0. The zero-order chi connectivity index (χ0) is 23.4. The number of nitriles is 1. The molecule has 0 amide bonds. The molecule has 8 atom stereocenters. The topological polar surface area (TPSA) is 88.1 Å². The van der Waals surface area contributed by atoms with Crippen molar-refractivity contribution >= 4 is 5.78 Å². The first-order valence-corrected chi connectivity index (χ1v) is 12.9. The van der Waals surface area contributed by atoms with E-state index < -0.39 is 5.60 Å². The Kier molecular flexibility index (Phi) is 5.73. The van der Waals surface area contributed by atoms with Crippen molar-refractivity contribution in [2.75, 3.05) is 13.7 Å². The second kappa shape index (κ2) is 8.20. The molecule has 33 heavy (non-hydrogen) atoms. The summed E-state index contributed by atoms with van der Waals surface area (Å²) in [6, 6.07) is 2.10. The highest BCUT2D eigenvalue weighted by molar-refractivity contribution is 5.82. The number of hydrogen-bond donors (Lipinski definition) is 1. The van der Waals surface area contributed by atoms with Gasteiger partial charge in [0.05, 0.1) is 30.5 Å². The van der Waals surface area contributed by atoms with Crippen LogP contribution in [0.3, 0.4) is 0 Å². The molecule has 0 aliphatic heterocycles. The van der Waals surface area contributed by atoms with Crippen molar-refractivity contribution in [1.29, 1.82) is 5.26 Å². The number of Topliss-reactive ketones (excluding diaryl/α,β-unsaturated/α-hetero) is 1. The summed E-state index contributed by atoms with van der Waals surface area (Å²) in [7, 11) is 1.84. The first-order valence-electron chi connectivity index (χ1n) is 12.9. The maximum atomic E-state index is 13.4. The van der Waals surface area contributed by atoms with E-state index in [0.29, 0.717) is 29.2 Å². The van der Waals surface area contributed by atoms with Crippen LogP contribution >= 0.6 is 0 Å². The van der Waals surface area contributed by atoms with Crippen molar-refractivity contribution in [1.82, 2.24) is 9.78 Å². The van der Waals surface area contributed by atoms with Crippen molar-refractivity contribution < 1.29 is 14.6 Å². The fourth-order valence-electron chi connectivity index (χ4n) is 9.09. The van der Waals surface area contributed by atoms with E-state index in [4.69, 9.17) is 10.00 Å². The van der Waals surface area contributed by atoms with Gasteiger partial charge in [-0.25, -0.2) is 0 Å². The minimum Gasteiger partial charge on any atom is -0.390 e. The molecule has 1 aromatic heterocycles. The van der Waals surface area contributed by atoms with E-state index >= 15 is 0 Å². The summed E-state index contributed by atoms with van der Waals surface area (Å²) in [4.78, 5) is 13.4. The lowest BCUT2D eigenvalue weighted by atomic mass is 9.43. The Morgan fingerprint density at radius 2 is 2.03 bits per heavy atom. The molecule has 0 unspecified atom stereocenters. The van der Waals surface area contributed by atoms with Gasteiger partial charge in [-0.05, 0) is 99.2 Å². The molecule has 5 rings (SSSR count). The number of rotatable bonds is 5. The number of ether oxygens (including phenoxy) is 1. The molecule has 4 saturated carbocycles. The van der Waals surface area contributed by atoms with E-state index in [2.05, 4.69) is 18.1 Å². The number of carbonyl (C=O) groups excluding carboxylic acids is 1. The molecular weight excluding hydrogens is 414 g/mol. The van der Waals surface area contributed by atoms with Crippen LogP contribution < -0.4 is 0 Å². The quantitative estimate of drug-likeness (QED) is 0.716. The third kappa shape index (κ3) is 3.67. The Hall–Kier alpha value is -1.71. The molecule has 1 aromatic rings. The van der Waals surface area contributed by atoms with Crippen LogP contribution in [0.15, 0.2) is 12.4 Å². The highest BCUT2D eigenvalue weighted by Crippen LogP contribution is 2.68. The number of aliphatic hydroxyl groups is 1. The van der Waals surface area contributed by atoms with Crippen molar-refractivity contribution in [3.05, 3.63) is 18.0 Å². The van der Waals surface area contributed by atoms with Crippen LogP contribution in [0.4, 0.5) is 0 Å². The number of methoxy groups -OCH3 is 1. The largest absolute Gasteiger partial charge is 0.390 e. The van der Waals surface area contributed by atoms with Gasteiger partial charge in [-0.3, -0.25) is 9.48 Å². The average Bonchev–Trinajstić information content (AvgIpc) is 3.37. The first kappa shape index (κ1) is 23.1. The van der Waals surface area contributed by atoms with Gasteiger partial charge in [0.1, 0.15) is 6.07 Å². The fourth-order valence-corrected chi connectivity index (χ4v) is 9.09. The van der Waals surface area contributed by atoms with Crippen LogP contribution in [-0.4, -0.2) is 40.0 Å². The lowest BCUT2D eigenvalue weighted by molar-refractivity contribution is -0.175. The molecular formula is C27H39N3O3. The minimum absolute atomic E-state index is 0.0602. The molecule has 0 spiro atoms. The molecule has 1 heterocycles. The molecule has 0 bridgehead atoms. The Morgan fingerprint density at radius 3 is 2.76 bits per heavy atom. The summed E-state index contributed by atoms with van der Waals surface area (Å²) in [5, 5.41) is 24.1. The second-order valence-electron chi connectivity index (χ2n) is 12.2. The van der Waals surface area contributed by atoms with Gasteiger partial charge < -0.3 is 9.84 Å². The zero-order valence-corrected chi connectivity index (χ0v) is 20.4. The summed E-state index contributed by atoms with van der Waals surface area (Å²) in [6.07, 6.45) is 12.8. The summed E-state index contributed by atoms with van der Waals surface area (Å²) < 4.78 is 7.50. The average molecular weight is 454 g/mol. The number of fused-ring (bicyclic) bond motifs is 5. The summed E-state index contributed by atoms with van der Waals surface area (Å²) in [6.45, 7) is 5.48. The minimum atomic E-state index is -0.541. The Balaban J connectivity index is 1.36. The van der Waals surface area contributed by atoms with E-state index in [1.54, 1.807) is 10.9 Å². The van der Waals surface area contributed by atoms with Crippen molar-refractivity contribution in [3.63, 3.8) is 0 Å². The zero-order valence-electron chi connectivity index (χ0n) is 20.4. The molecule has 0 saturated heterocycles. The van der Waals surface area contributed by atoms with Gasteiger partial charge in [0.2, 0.25) is 0 Å². The standard InChI is InChI=1S/C27H39N3O3/c1-25(32)10-11-27(17-33-3)19(12-25)4-5-20-21-6-7-23(26(21,2)9-8-22(20)27)24(31)16-30-15-18(13-28)14-29-30/h14-15,19-23,32H,4-12,16-17H2,1-3H3/t19-,20-,21-,22-,23+,25+,26-,27+/m0/s1. The highest BCUT2D eigenvalue weighted by atomic mass is 16.5. The van der Waals surface area contributed by atoms with Gasteiger partial charge in [0, 0.05) is 19.2 Å². The Bertz CT molecular complexity index is 949. The third-order valence-electron chi connectivity index (χ3n) is 10.5. The van der Waals surface area contributed by atoms with E-state index in [1.165, 1.54) is 25.5 Å². The molecule has 4 fully saturated rings. The Labute approximate surface area is 197 Å². The van der Waals surface area contributed by atoms with Gasteiger partial charge in [-0.2, -0.15) is 10.4 Å². The number of hydrogen-bond acceptors (Lipinski definition) is 5. The Morgan fingerprint density at radius 1 is 1.21 bits per heavy atom. The SMILES string of the molecule is COC[C@]12CC[C@@](C)(O)C[C@@H]1CC[C@H]1[C@@H]3CC[C@H](C(=O)Cn4cc(C#N)cn4)[C@@]3(C)CC[C@@H]12. The van der Waals surface area contributed by atoms with Crippen LogP contribution in [0.2, 0.25) is 0 Å². The van der Waals surface area contributed by atoms with Crippen molar-refractivity contribution in [3.8, 4) is 6.07 Å². The van der Waals surface area contributed by atoms with Crippen LogP contribution in [0.5, 0.6) is 0 Å². The number of ketones is 1. The molecule has 1 N–H and O–H groups in total. The fraction of sp³-hybridized carbons (Fsp3) is 0.815. The molecule has 4 aliphatic rings. The highest BCUT2D eigenvalue weighted by Gasteiger charge is 2.63. The number of nitrogens with zero attached hydrogens (tertiary/aromatic N) is 3. The predicted octanol–water partition coefficient (Wildman–Crippen LogP) is 4.36. The van der Waals surface area contributed by atoms with E-state index in [-0.39, 0.29) is 29.1 Å². The molecule has 6 nitrogen and oxygen atoms in total. The summed E-state index contributed by atoms with van der Waals surface area (Å²) in [5.41, 5.74) is 0.211.